The first-order chi connectivity index (χ1) is 14.5. The summed E-state index contributed by atoms with van der Waals surface area (Å²) in [6.45, 7) is 8.87. The Balaban J connectivity index is 1.50. The molecule has 0 aromatic heterocycles. The molecule has 2 aliphatic heterocycles. The van der Waals surface area contributed by atoms with Crippen LogP contribution >= 0.6 is 0 Å². The van der Waals surface area contributed by atoms with Gasteiger partial charge in [0.15, 0.2) is 0 Å². The van der Waals surface area contributed by atoms with E-state index in [0.29, 0.717) is 5.41 Å². The molecule has 2 saturated heterocycles. The molecule has 0 amide bonds. The van der Waals surface area contributed by atoms with E-state index in [4.69, 9.17) is 4.74 Å². The van der Waals surface area contributed by atoms with Crippen LogP contribution in [0.2, 0.25) is 0 Å². The summed E-state index contributed by atoms with van der Waals surface area (Å²) < 4.78 is 6.16. The Bertz CT molecular complexity index is 765. The van der Waals surface area contributed by atoms with Gasteiger partial charge in [0.1, 0.15) is 5.60 Å². The average molecular weight is 409 g/mol. The zero-order valence-electron chi connectivity index (χ0n) is 18.7. The lowest BCUT2D eigenvalue weighted by atomic mass is 9.68. The van der Waals surface area contributed by atoms with E-state index in [2.05, 4.69) is 38.1 Å². The third-order valence-electron chi connectivity index (χ3n) is 7.79. The van der Waals surface area contributed by atoms with Crippen molar-refractivity contribution < 1.29 is 14.7 Å². The fraction of sp³-hybridized carbons (Fsp3) is 0.556. The van der Waals surface area contributed by atoms with E-state index in [1.54, 1.807) is 4.90 Å². The summed E-state index contributed by atoms with van der Waals surface area (Å²) in [6, 6.07) is 20.4. The zero-order chi connectivity index (χ0) is 21.1. The highest BCUT2D eigenvalue weighted by Crippen LogP contribution is 2.43. The molecule has 1 unspecified atom stereocenters. The molecule has 3 atom stereocenters. The molecule has 0 bridgehead atoms. The lowest BCUT2D eigenvalue weighted by Gasteiger charge is -2.49. The van der Waals surface area contributed by atoms with Crippen molar-refractivity contribution >= 4 is 0 Å². The van der Waals surface area contributed by atoms with Crippen LogP contribution in [0.3, 0.4) is 0 Å². The van der Waals surface area contributed by atoms with Crippen molar-refractivity contribution in [2.24, 2.45) is 5.41 Å². The largest absolute Gasteiger partial charge is 0.380 e. The number of aliphatic hydroxyl groups is 1. The van der Waals surface area contributed by atoms with Crippen LogP contribution in [0.15, 0.2) is 60.7 Å². The molecular weight excluding hydrogens is 370 g/mol. The summed E-state index contributed by atoms with van der Waals surface area (Å²) in [5.74, 6) is 0. The minimum atomic E-state index is -0.937. The predicted molar refractivity (Wildman–Crippen MR) is 122 cm³/mol. The normalized spacial score (nSPS) is 29.8. The van der Waals surface area contributed by atoms with Gasteiger partial charge in [-0.3, -0.25) is 0 Å². The number of ether oxygens (including phenoxy) is 1. The summed E-state index contributed by atoms with van der Waals surface area (Å²) in [7, 11) is 0. The lowest BCUT2D eigenvalue weighted by Crippen LogP contribution is -3.14. The van der Waals surface area contributed by atoms with Crippen molar-refractivity contribution in [2.75, 3.05) is 26.2 Å². The van der Waals surface area contributed by atoms with Crippen molar-refractivity contribution in [3.8, 4) is 0 Å². The molecule has 1 spiro atoms. The number of nitrogens with one attached hydrogen (secondary N) is 1. The molecule has 2 N–H and O–H groups in total. The van der Waals surface area contributed by atoms with Crippen LogP contribution in [0.25, 0.3) is 0 Å². The number of rotatable bonds is 6. The number of quaternary nitrogens is 1. The van der Waals surface area contributed by atoms with Crippen LogP contribution in [-0.2, 0) is 10.3 Å². The molecule has 30 heavy (non-hydrogen) atoms. The second-order valence-electron chi connectivity index (χ2n) is 9.95. The van der Waals surface area contributed by atoms with Crippen molar-refractivity contribution in [3.05, 3.63) is 71.8 Å². The number of benzene rings is 2. The second kappa shape index (κ2) is 8.82. The van der Waals surface area contributed by atoms with Gasteiger partial charge < -0.3 is 14.7 Å². The van der Waals surface area contributed by atoms with Gasteiger partial charge in [-0.05, 0) is 50.2 Å². The fourth-order valence-electron chi connectivity index (χ4n) is 5.91. The van der Waals surface area contributed by atoms with Gasteiger partial charge >= 0.3 is 0 Å². The van der Waals surface area contributed by atoms with Crippen LogP contribution in [-0.4, -0.2) is 36.9 Å². The minimum Gasteiger partial charge on any atom is -0.380 e. The first-order valence-corrected chi connectivity index (χ1v) is 11.8. The van der Waals surface area contributed by atoms with Crippen LogP contribution in [0, 0.1) is 5.41 Å². The van der Waals surface area contributed by atoms with E-state index < -0.39 is 5.60 Å². The number of piperidine rings is 1. The van der Waals surface area contributed by atoms with E-state index in [1.807, 2.05) is 36.4 Å². The highest BCUT2D eigenvalue weighted by molar-refractivity contribution is 5.35. The topological polar surface area (TPSA) is 33.9 Å². The maximum atomic E-state index is 11.9. The summed E-state index contributed by atoms with van der Waals surface area (Å²) in [4.78, 5) is 1.65. The van der Waals surface area contributed by atoms with Crippen molar-refractivity contribution in [1.82, 2.24) is 0 Å². The summed E-state index contributed by atoms with van der Waals surface area (Å²) in [6.07, 6.45) is 6.82. The zero-order valence-corrected chi connectivity index (χ0v) is 18.7. The summed E-state index contributed by atoms with van der Waals surface area (Å²) in [5.41, 5.74) is 1.50. The smallest absolute Gasteiger partial charge is 0.120 e. The Hall–Kier alpha value is -1.68. The molecule has 0 saturated carbocycles. The quantitative estimate of drug-likeness (QED) is 0.759. The minimum absolute atomic E-state index is 0.0372. The van der Waals surface area contributed by atoms with Crippen molar-refractivity contribution in [1.29, 1.82) is 0 Å². The van der Waals surface area contributed by atoms with E-state index in [9.17, 15) is 5.11 Å². The Kier molecular flexibility index (Phi) is 6.34. The monoisotopic (exact) mass is 408 g/mol. The molecule has 2 heterocycles. The summed E-state index contributed by atoms with van der Waals surface area (Å²) in [5, 5.41) is 11.9. The first kappa shape index (κ1) is 21.5. The van der Waals surface area contributed by atoms with Crippen LogP contribution < -0.4 is 4.90 Å². The van der Waals surface area contributed by atoms with Crippen LogP contribution in [0.4, 0.5) is 0 Å². The SMILES string of the molecule is CC[C@]1(C)C[C@]2(CCC[NH+](CCC(O)(c3ccccc3)c3ccccc3)C2)CCO1. The third kappa shape index (κ3) is 4.49. The van der Waals surface area contributed by atoms with Crippen molar-refractivity contribution in [3.63, 3.8) is 0 Å². The molecule has 2 aliphatic rings. The van der Waals surface area contributed by atoms with Gasteiger partial charge in [-0.2, -0.15) is 0 Å². The van der Waals surface area contributed by atoms with Gasteiger partial charge in [-0.25, -0.2) is 0 Å². The maximum Gasteiger partial charge on any atom is 0.120 e. The molecule has 3 heteroatoms. The molecule has 2 aromatic carbocycles. The third-order valence-corrected chi connectivity index (χ3v) is 7.79. The average Bonchev–Trinajstić information content (AvgIpc) is 2.79. The molecular formula is C27H38NO2+. The van der Waals surface area contributed by atoms with Gasteiger partial charge in [0.05, 0.1) is 25.2 Å². The van der Waals surface area contributed by atoms with E-state index in [1.165, 1.54) is 38.8 Å². The number of hydrogen-bond donors (Lipinski definition) is 2. The molecule has 0 radical (unpaired) electrons. The molecule has 3 nitrogen and oxygen atoms in total. The van der Waals surface area contributed by atoms with Crippen molar-refractivity contribution in [2.45, 2.75) is 63.6 Å². The van der Waals surface area contributed by atoms with Crippen LogP contribution in [0.5, 0.6) is 0 Å². The Morgan fingerprint density at radius 1 is 1.00 bits per heavy atom. The van der Waals surface area contributed by atoms with Gasteiger partial charge in [0.25, 0.3) is 0 Å². The standard InChI is InChI=1S/C27H37NO2/c1-3-25(2)21-26(17-20-30-25)15-10-18-28(22-26)19-16-27(29,23-11-6-4-7-12-23)24-13-8-5-9-14-24/h4-9,11-14,29H,3,10,15-22H2,1-2H3/p+1/t25-,26+/m1/s1. The van der Waals surface area contributed by atoms with Gasteiger partial charge in [0.2, 0.25) is 0 Å². The Morgan fingerprint density at radius 3 is 2.23 bits per heavy atom. The van der Waals surface area contributed by atoms with E-state index in [0.717, 1.165) is 37.1 Å². The number of hydrogen-bond acceptors (Lipinski definition) is 2. The lowest BCUT2D eigenvalue weighted by molar-refractivity contribution is -0.914. The van der Waals surface area contributed by atoms with Crippen LogP contribution in [0.1, 0.15) is 63.5 Å². The van der Waals surface area contributed by atoms with Gasteiger partial charge in [0, 0.05) is 18.4 Å². The molecule has 0 aliphatic carbocycles. The highest BCUT2D eigenvalue weighted by Gasteiger charge is 2.46. The maximum absolute atomic E-state index is 11.9. The molecule has 4 rings (SSSR count). The number of likely N-dealkylation sites (tertiary alicyclic amines) is 1. The Morgan fingerprint density at radius 2 is 1.63 bits per heavy atom. The highest BCUT2D eigenvalue weighted by atomic mass is 16.5. The van der Waals surface area contributed by atoms with Gasteiger partial charge in [-0.1, -0.05) is 67.6 Å². The van der Waals surface area contributed by atoms with E-state index in [-0.39, 0.29) is 5.60 Å². The van der Waals surface area contributed by atoms with Gasteiger partial charge in [-0.15, -0.1) is 0 Å². The Labute approximate surface area is 182 Å². The molecule has 162 valence electrons. The predicted octanol–water partition coefficient (Wildman–Crippen LogP) is 3.96. The fourth-order valence-corrected chi connectivity index (χ4v) is 5.91. The van der Waals surface area contributed by atoms with E-state index >= 15 is 0 Å². The molecule has 2 fully saturated rings. The second-order valence-corrected chi connectivity index (χ2v) is 9.95. The summed E-state index contributed by atoms with van der Waals surface area (Å²) >= 11 is 0. The molecule has 2 aromatic rings. The first-order valence-electron chi connectivity index (χ1n) is 11.8.